The Kier molecular flexibility index (Phi) is 5.10. The molecule has 0 fully saturated rings. The largest absolute Gasteiger partial charge is 0.467 e. The van der Waals surface area contributed by atoms with Crippen LogP contribution in [0.5, 0.6) is 0 Å². The Morgan fingerprint density at radius 3 is 2.45 bits per heavy atom. The molecule has 0 bridgehead atoms. The lowest BCUT2D eigenvalue weighted by Crippen LogP contribution is -2.52. The van der Waals surface area contributed by atoms with Gasteiger partial charge < -0.3 is 4.74 Å². The second-order valence-corrected chi connectivity index (χ2v) is 4.23. The Bertz CT molecular complexity index is 476. The average molecular weight is 293 g/mol. The number of halogens is 4. The molecular formula is C13H15F4NO2. The van der Waals surface area contributed by atoms with Crippen LogP contribution in [0, 0.1) is 5.82 Å². The molecule has 7 heteroatoms. The van der Waals surface area contributed by atoms with Gasteiger partial charge in [0.05, 0.1) is 13.7 Å². The van der Waals surface area contributed by atoms with E-state index in [0.717, 1.165) is 19.2 Å². The lowest BCUT2D eigenvalue weighted by molar-refractivity contribution is -0.154. The van der Waals surface area contributed by atoms with Gasteiger partial charge >= 0.3 is 12.1 Å². The first kappa shape index (κ1) is 16.4. The topological polar surface area (TPSA) is 38.3 Å². The summed E-state index contributed by atoms with van der Waals surface area (Å²) in [5.74, 6) is -1.53. The van der Waals surface area contributed by atoms with Gasteiger partial charge in [-0.1, -0.05) is 19.1 Å². The van der Waals surface area contributed by atoms with Crippen molar-refractivity contribution in [3.63, 3.8) is 0 Å². The molecular weight excluding hydrogens is 278 g/mol. The van der Waals surface area contributed by atoms with Gasteiger partial charge in [-0.25, -0.2) is 9.18 Å². The normalized spacial score (nSPS) is 14.7. The van der Waals surface area contributed by atoms with Gasteiger partial charge in [0.15, 0.2) is 0 Å². The number of nitrogens with one attached hydrogen (secondary N) is 1. The highest BCUT2D eigenvalue weighted by molar-refractivity contribution is 5.82. The summed E-state index contributed by atoms with van der Waals surface area (Å²) in [6, 6.07) is 4.87. The second-order valence-electron chi connectivity index (χ2n) is 4.23. The van der Waals surface area contributed by atoms with E-state index in [1.165, 1.54) is 19.1 Å². The molecule has 3 nitrogen and oxygen atoms in total. The van der Waals surface area contributed by atoms with Crippen LogP contribution in [0.1, 0.15) is 18.9 Å². The summed E-state index contributed by atoms with van der Waals surface area (Å²) >= 11 is 0. The molecule has 1 rings (SSSR count). The minimum atomic E-state index is -4.50. The molecule has 1 atom stereocenters. The van der Waals surface area contributed by atoms with Crippen molar-refractivity contribution in [2.24, 2.45) is 0 Å². The number of carbonyl (C=O) groups is 1. The zero-order valence-corrected chi connectivity index (χ0v) is 11.1. The van der Waals surface area contributed by atoms with Crippen LogP contribution in [0.15, 0.2) is 24.3 Å². The molecule has 0 spiro atoms. The molecule has 0 aliphatic heterocycles. The Morgan fingerprint density at radius 2 is 2.00 bits per heavy atom. The van der Waals surface area contributed by atoms with Gasteiger partial charge in [-0.3, -0.25) is 5.32 Å². The number of benzene rings is 1. The fourth-order valence-corrected chi connectivity index (χ4v) is 1.94. The number of methoxy groups -OCH3 is 1. The van der Waals surface area contributed by atoms with Crippen molar-refractivity contribution in [3.8, 4) is 0 Å². The third-order valence-electron chi connectivity index (χ3n) is 2.97. The Hall–Kier alpha value is -1.63. The summed E-state index contributed by atoms with van der Waals surface area (Å²) in [5, 5.41) is 2.15. The first-order chi connectivity index (χ1) is 9.25. The highest BCUT2D eigenvalue weighted by Gasteiger charge is 2.42. The smallest absolute Gasteiger partial charge is 0.401 e. The Balaban J connectivity index is 3.21. The molecule has 112 valence electrons. The van der Waals surface area contributed by atoms with Crippen LogP contribution in [-0.4, -0.2) is 25.8 Å². The third kappa shape index (κ3) is 3.69. The number of hydrogen-bond donors (Lipinski definition) is 1. The van der Waals surface area contributed by atoms with E-state index >= 15 is 0 Å². The molecule has 1 aromatic carbocycles. The van der Waals surface area contributed by atoms with Crippen LogP contribution in [0.4, 0.5) is 17.6 Å². The average Bonchev–Trinajstić information content (AvgIpc) is 2.38. The number of hydrogen-bond acceptors (Lipinski definition) is 3. The predicted octanol–water partition coefficient (Wildman–Crippen LogP) is 2.76. The van der Waals surface area contributed by atoms with Gasteiger partial charge in [-0.05, 0) is 24.1 Å². The van der Waals surface area contributed by atoms with Crippen molar-refractivity contribution in [2.45, 2.75) is 25.1 Å². The minimum absolute atomic E-state index is 0.0147. The molecule has 0 amide bonds. The molecule has 0 heterocycles. The van der Waals surface area contributed by atoms with E-state index in [2.05, 4.69) is 10.1 Å². The third-order valence-corrected chi connectivity index (χ3v) is 2.97. The maximum Gasteiger partial charge on any atom is 0.401 e. The first-order valence-electron chi connectivity index (χ1n) is 5.91. The molecule has 0 radical (unpaired) electrons. The number of carbonyl (C=O) groups excluding carboxylic acids is 1. The van der Waals surface area contributed by atoms with E-state index in [0.29, 0.717) is 0 Å². The van der Waals surface area contributed by atoms with Crippen LogP contribution in [-0.2, 0) is 15.1 Å². The van der Waals surface area contributed by atoms with Gasteiger partial charge in [0.2, 0.25) is 0 Å². The molecule has 0 aromatic heterocycles. The highest BCUT2D eigenvalue weighted by atomic mass is 19.4. The lowest BCUT2D eigenvalue weighted by atomic mass is 9.87. The standard InChI is InChI=1S/C13H15F4NO2/c1-3-12(11(19)20-2,18-8-13(15,16)17)9-5-4-6-10(14)7-9/h4-7,18H,3,8H2,1-2H3. The summed E-state index contributed by atoms with van der Waals surface area (Å²) in [6.45, 7) is 0.137. The number of esters is 1. The molecule has 1 N–H and O–H groups in total. The van der Waals surface area contributed by atoms with E-state index in [4.69, 9.17) is 0 Å². The van der Waals surface area contributed by atoms with Crippen LogP contribution in [0.3, 0.4) is 0 Å². The quantitative estimate of drug-likeness (QED) is 0.670. The first-order valence-corrected chi connectivity index (χ1v) is 5.91. The second kappa shape index (κ2) is 6.21. The fourth-order valence-electron chi connectivity index (χ4n) is 1.94. The summed E-state index contributed by atoms with van der Waals surface area (Å²) in [5.41, 5.74) is -1.64. The van der Waals surface area contributed by atoms with Crippen LogP contribution in [0.25, 0.3) is 0 Å². The number of ether oxygens (including phenoxy) is 1. The predicted molar refractivity (Wildman–Crippen MR) is 64.4 cm³/mol. The minimum Gasteiger partial charge on any atom is -0.467 e. The van der Waals surface area contributed by atoms with Crippen molar-refractivity contribution in [1.29, 1.82) is 0 Å². The summed E-state index contributed by atoms with van der Waals surface area (Å²) in [4.78, 5) is 11.9. The van der Waals surface area contributed by atoms with E-state index in [-0.39, 0.29) is 12.0 Å². The zero-order chi connectivity index (χ0) is 15.4. The number of rotatable bonds is 5. The maximum absolute atomic E-state index is 13.3. The van der Waals surface area contributed by atoms with Gasteiger partial charge in [-0.15, -0.1) is 0 Å². The van der Waals surface area contributed by atoms with Gasteiger partial charge in [-0.2, -0.15) is 13.2 Å². The van der Waals surface area contributed by atoms with E-state index in [1.807, 2.05) is 0 Å². The summed E-state index contributed by atoms with van der Waals surface area (Å²) in [7, 11) is 1.07. The van der Waals surface area contributed by atoms with Crippen molar-refractivity contribution in [2.75, 3.05) is 13.7 Å². The van der Waals surface area contributed by atoms with Gasteiger partial charge in [0.1, 0.15) is 11.4 Å². The van der Waals surface area contributed by atoms with E-state index in [1.54, 1.807) is 0 Å². The molecule has 0 aliphatic carbocycles. The highest BCUT2D eigenvalue weighted by Crippen LogP contribution is 2.28. The SMILES string of the molecule is CCC(NCC(F)(F)F)(C(=O)OC)c1cccc(F)c1. The Labute approximate surface area is 113 Å². The van der Waals surface area contributed by atoms with Gasteiger partial charge in [0, 0.05) is 0 Å². The summed E-state index contributed by atoms with van der Waals surface area (Å²) in [6.07, 6.45) is -4.51. The van der Waals surface area contributed by atoms with Crippen molar-refractivity contribution in [1.82, 2.24) is 5.32 Å². The molecule has 0 saturated carbocycles. The lowest BCUT2D eigenvalue weighted by Gasteiger charge is -2.32. The van der Waals surface area contributed by atoms with Crippen LogP contribution in [0.2, 0.25) is 0 Å². The van der Waals surface area contributed by atoms with Crippen molar-refractivity contribution < 1.29 is 27.1 Å². The molecule has 1 unspecified atom stereocenters. The zero-order valence-electron chi connectivity index (χ0n) is 11.1. The number of alkyl halides is 3. The fraction of sp³-hybridized carbons (Fsp3) is 0.462. The van der Waals surface area contributed by atoms with E-state index < -0.39 is 30.0 Å². The maximum atomic E-state index is 13.3. The molecule has 1 aromatic rings. The molecule has 20 heavy (non-hydrogen) atoms. The monoisotopic (exact) mass is 293 g/mol. The van der Waals surface area contributed by atoms with Gasteiger partial charge in [0.25, 0.3) is 0 Å². The van der Waals surface area contributed by atoms with Crippen LogP contribution < -0.4 is 5.32 Å². The van der Waals surface area contributed by atoms with Crippen LogP contribution >= 0.6 is 0 Å². The van der Waals surface area contributed by atoms with Crippen molar-refractivity contribution >= 4 is 5.97 Å². The Morgan fingerprint density at radius 1 is 1.35 bits per heavy atom. The summed E-state index contributed by atoms with van der Waals surface area (Å²) < 4.78 is 55.0. The van der Waals surface area contributed by atoms with Crippen molar-refractivity contribution in [3.05, 3.63) is 35.6 Å². The molecule has 0 aliphatic rings. The van der Waals surface area contributed by atoms with E-state index in [9.17, 15) is 22.4 Å². The molecule has 0 saturated heterocycles.